The zero-order chi connectivity index (χ0) is 26.7. The molecule has 1 aromatic carbocycles. The van der Waals surface area contributed by atoms with Gasteiger partial charge in [-0.3, -0.25) is 19.2 Å². The van der Waals surface area contributed by atoms with Crippen LogP contribution in [-0.2, 0) is 30.4 Å². The van der Waals surface area contributed by atoms with Crippen LogP contribution in [0.4, 0.5) is 0 Å². The summed E-state index contributed by atoms with van der Waals surface area (Å²) >= 11 is 0. The van der Waals surface area contributed by atoms with E-state index in [9.17, 15) is 29.1 Å². The summed E-state index contributed by atoms with van der Waals surface area (Å²) in [7, 11) is 0. The number of phenols is 1. The maximum atomic E-state index is 13.1. The molecule has 0 heterocycles. The lowest BCUT2D eigenvalue weighted by Gasteiger charge is -2.25. The molecule has 0 aliphatic heterocycles. The van der Waals surface area contributed by atoms with Gasteiger partial charge < -0.3 is 42.7 Å². The monoisotopic (exact) mass is 495 g/mol. The third-order valence-electron chi connectivity index (χ3n) is 5.40. The fourth-order valence-corrected chi connectivity index (χ4v) is 3.00. The number of benzene rings is 1. The predicted molar refractivity (Wildman–Crippen MR) is 124 cm³/mol. The van der Waals surface area contributed by atoms with E-state index in [-0.39, 0.29) is 18.1 Å². The van der Waals surface area contributed by atoms with Crippen molar-refractivity contribution in [3.8, 4) is 5.75 Å². The smallest absolute Gasteiger partial charge is 0.328 e. The second-order valence-electron chi connectivity index (χ2n) is 8.16. The molecule has 5 atom stereocenters. The molecule has 0 bridgehead atoms. The minimum absolute atomic E-state index is 0.00681. The molecule has 0 saturated heterocycles. The summed E-state index contributed by atoms with van der Waals surface area (Å²) in [5.41, 5.74) is 11.7. The first kappa shape index (κ1) is 29.3. The maximum absolute atomic E-state index is 13.1. The number of phenolic OH excluding ortho intramolecular Hbond substituents is 1. The van der Waals surface area contributed by atoms with Crippen LogP contribution >= 0.6 is 0 Å². The number of hydrogen-bond donors (Lipinski definition) is 8. The Morgan fingerprint density at radius 3 is 1.91 bits per heavy atom. The highest BCUT2D eigenvalue weighted by Crippen LogP contribution is 2.13. The van der Waals surface area contributed by atoms with Crippen molar-refractivity contribution >= 4 is 29.6 Å². The van der Waals surface area contributed by atoms with Crippen molar-refractivity contribution in [3.05, 3.63) is 29.8 Å². The first-order valence-corrected chi connectivity index (χ1v) is 11.0. The van der Waals surface area contributed by atoms with Crippen LogP contribution in [0.25, 0.3) is 0 Å². The molecule has 0 saturated carbocycles. The first-order chi connectivity index (χ1) is 16.4. The number of carboxylic acid groups (broad SMARTS) is 1. The highest BCUT2D eigenvalue weighted by molar-refractivity contribution is 5.96. The molecule has 5 unspecified atom stereocenters. The van der Waals surface area contributed by atoms with E-state index in [1.54, 1.807) is 6.92 Å². The summed E-state index contributed by atoms with van der Waals surface area (Å²) in [6.07, 6.45) is -0.105. The number of amides is 4. The summed E-state index contributed by atoms with van der Waals surface area (Å²) in [5, 5.41) is 34.5. The van der Waals surface area contributed by atoms with Crippen molar-refractivity contribution in [1.82, 2.24) is 16.0 Å². The molecule has 0 aliphatic rings. The number of nitrogens with one attached hydrogen (secondary N) is 3. The average Bonchev–Trinajstić information content (AvgIpc) is 2.80. The quantitative estimate of drug-likeness (QED) is 0.138. The lowest BCUT2D eigenvalue weighted by molar-refractivity contribution is -0.143. The SMILES string of the molecule is CCC(C)C(N)C(=O)NC(Cc1ccc(O)cc1)C(=O)NC(CC(N)=O)C(=O)NC(CO)C(=O)O. The summed E-state index contributed by atoms with van der Waals surface area (Å²) in [5.74, 6) is -5.22. The van der Waals surface area contributed by atoms with E-state index in [1.165, 1.54) is 24.3 Å². The normalized spacial score (nSPS) is 15.1. The van der Waals surface area contributed by atoms with Gasteiger partial charge in [-0.1, -0.05) is 32.4 Å². The van der Waals surface area contributed by atoms with E-state index in [0.717, 1.165) is 0 Å². The Morgan fingerprint density at radius 2 is 1.43 bits per heavy atom. The molecule has 4 amide bonds. The zero-order valence-electron chi connectivity index (χ0n) is 19.6. The molecular weight excluding hydrogens is 462 g/mol. The van der Waals surface area contributed by atoms with Gasteiger partial charge in [-0.15, -0.1) is 0 Å². The molecule has 0 aliphatic carbocycles. The van der Waals surface area contributed by atoms with E-state index >= 15 is 0 Å². The Labute approximate surface area is 202 Å². The van der Waals surface area contributed by atoms with Crippen molar-refractivity contribution in [1.29, 1.82) is 0 Å². The van der Waals surface area contributed by atoms with Gasteiger partial charge in [0.15, 0.2) is 0 Å². The highest BCUT2D eigenvalue weighted by Gasteiger charge is 2.31. The van der Waals surface area contributed by atoms with Crippen molar-refractivity contribution < 1.29 is 39.3 Å². The van der Waals surface area contributed by atoms with Gasteiger partial charge >= 0.3 is 5.97 Å². The van der Waals surface area contributed by atoms with Crippen LogP contribution in [0.2, 0.25) is 0 Å². The molecule has 194 valence electrons. The van der Waals surface area contributed by atoms with Gasteiger partial charge in [0.25, 0.3) is 0 Å². The Morgan fingerprint density at radius 1 is 0.914 bits per heavy atom. The van der Waals surface area contributed by atoms with E-state index in [2.05, 4.69) is 10.6 Å². The molecule has 1 aromatic rings. The molecule has 0 spiro atoms. The number of nitrogens with two attached hydrogens (primary N) is 2. The van der Waals surface area contributed by atoms with E-state index in [4.69, 9.17) is 21.7 Å². The molecule has 35 heavy (non-hydrogen) atoms. The molecule has 13 heteroatoms. The molecule has 0 radical (unpaired) electrons. The summed E-state index contributed by atoms with van der Waals surface area (Å²) in [6, 6.07) is 0.444. The van der Waals surface area contributed by atoms with Crippen LogP contribution in [0, 0.1) is 5.92 Å². The molecule has 1 rings (SSSR count). The number of rotatable bonds is 14. The van der Waals surface area contributed by atoms with Crippen LogP contribution in [0.3, 0.4) is 0 Å². The Hall–Kier alpha value is -3.71. The van der Waals surface area contributed by atoms with Gasteiger partial charge in [0, 0.05) is 6.42 Å². The summed E-state index contributed by atoms with van der Waals surface area (Å²) < 4.78 is 0. The molecule has 13 nitrogen and oxygen atoms in total. The number of carboxylic acids is 1. The van der Waals surface area contributed by atoms with Crippen molar-refractivity contribution in [3.63, 3.8) is 0 Å². The van der Waals surface area contributed by atoms with Crippen LogP contribution < -0.4 is 27.4 Å². The standard InChI is InChI=1S/C22H33N5O8/c1-3-11(2)18(24)21(33)26-14(8-12-4-6-13(29)7-5-12)19(31)25-15(9-17(23)30)20(32)27-16(10-28)22(34)35/h4-7,11,14-16,18,28-29H,3,8-10,24H2,1-2H3,(H2,23,30)(H,25,31)(H,26,33)(H,27,32)(H,34,35). The van der Waals surface area contributed by atoms with Crippen LogP contribution in [0.15, 0.2) is 24.3 Å². The Balaban J connectivity index is 3.14. The second kappa shape index (κ2) is 13.9. The second-order valence-corrected chi connectivity index (χ2v) is 8.16. The summed E-state index contributed by atoms with van der Waals surface area (Å²) in [6.45, 7) is 2.69. The third kappa shape index (κ3) is 9.59. The fourth-order valence-electron chi connectivity index (χ4n) is 3.00. The number of primary amides is 1. The van der Waals surface area contributed by atoms with Crippen molar-refractivity contribution in [2.45, 2.75) is 57.3 Å². The summed E-state index contributed by atoms with van der Waals surface area (Å²) in [4.78, 5) is 60.8. The number of carbonyl (C=O) groups excluding carboxylic acids is 4. The number of carbonyl (C=O) groups is 5. The Kier molecular flexibility index (Phi) is 11.6. The number of aliphatic carboxylic acids is 1. The topological polar surface area (TPSA) is 234 Å². The van der Waals surface area contributed by atoms with Crippen molar-refractivity contribution in [2.75, 3.05) is 6.61 Å². The van der Waals surface area contributed by atoms with Crippen LogP contribution in [-0.4, -0.2) is 75.7 Å². The lowest BCUT2D eigenvalue weighted by Crippen LogP contribution is -2.59. The largest absolute Gasteiger partial charge is 0.508 e. The highest BCUT2D eigenvalue weighted by atomic mass is 16.4. The lowest BCUT2D eigenvalue weighted by atomic mass is 9.98. The minimum atomic E-state index is -1.67. The van der Waals surface area contributed by atoms with Crippen LogP contribution in [0.1, 0.15) is 32.3 Å². The fraction of sp³-hybridized carbons (Fsp3) is 0.500. The van der Waals surface area contributed by atoms with Crippen LogP contribution in [0.5, 0.6) is 5.75 Å². The number of aliphatic hydroxyl groups is 1. The zero-order valence-corrected chi connectivity index (χ0v) is 19.6. The molecular formula is C22H33N5O8. The van der Waals surface area contributed by atoms with Gasteiger partial charge in [0.05, 0.1) is 19.1 Å². The van der Waals surface area contributed by atoms with Crippen molar-refractivity contribution in [2.24, 2.45) is 17.4 Å². The average molecular weight is 496 g/mol. The van der Waals surface area contributed by atoms with Gasteiger partial charge in [0.2, 0.25) is 23.6 Å². The van der Waals surface area contributed by atoms with Gasteiger partial charge in [-0.25, -0.2) is 4.79 Å². The number of aromatic hydroxyl groups is 1. The molecule has 0 fully saturated rings. The molecule has 10 N–H and O–H groups in total. The molecule has 0 aromatic heterocycles. The number of aliphatic hydroxyl groups excluding tert-OH is 1. The van der Waals surface area contributed by atoms with E-state index in [0.29, 0.717) is 12.0 Å². The van der Waals surface area contributed by atoms with Gasteiger partial charge in [0.1, 0.15) is 23.9 Å². The van der Waals surface area contributed by atoms with E-state index < -0.39 is 66.8 Å². The van der Waals surface area contributed by atoms with Gasteiger partial charge in [-0.2, -0.15) is 0 Å². The number of hydrogen-bond acceptors (Lipinski definition) is 8. The van der Waals surface area contributed by atoms with E-state index in [1.807, 2.05) is 12.2 Å². The minimum Gasteiger partial charge on any atom is -0.508 e. The predicted octanol–water partition coefficient (Wildman–Crippen LogP) is -2.29. The Bertz CT molecular complexity index is 908. The van der Waals surface area contributed by atoms with Gasteiger partial charge in [-0.05, 0) is 23.6 Å². The third-order valence-corrected chi connectivity index (χ3v) is 5.40. The first-order valence-electron chi connectivity index (χ1n) is 11.0. The maximum Gasteiger partial charge on any atom is 0.328 e.